The fraction of sp³-hybridized carbons (Fsp3) is 0.400. The first kappa shape index (κ1) is 13.9. The summed E-state index contributed by atoms with van der Waals surface area (Å²) in [6.45, 7) is 2.08. The molecule has 100 valence electrons. The van der Waals surface area contributed by atoms with E-state index in [1.165, 1.54) is 0 Å². The topological polar surface area (TPSA) is 32.3 Å². The lowest BCUT2D eigenvalue weighted by Crippen LogP contribution is -2.41. The van der Waals surface area contributed by atoms with Crippen molar-refractivity contribution in [1.82, 2.24) is 5.32 Å². The van der Waals surface area contributed by atoms with Crippen molar-refractivity contribution in [2.75, 3.05) is 24.5 Å². The van der Waals surface area contributed by atoms with Gasteiger partial charge in [0.1, 0.15) is 0 Å². The van der Waals surface area contributed by atoms with Gasteiger partial charge in [0, 0.05) is 16.6 Å². The molecule has 1 saturated heterocycles. The number of carbonyl (C=O) groups excluding carboxylic acids is 1. The van der Waals surface area contributed by atoms with Crippen molar-refractivity contribution in [2.45, 2.75) is 12.8 Å². The van der Waals surface area contributed by atoms with Crippen molar-refractivity contribution < 1.29 is 4.79 Å². The third-order valence-electron chi connectivity index (χ3n) is 3.34. The first-order valence-electron chi connectivity index (χ1n) is 6.43. The molecule has 0 bridgehead atoms. The van der Waals surface area contributed by atoms with Crippen molar-refractivity contribution in [3.8, 4) is 12.3 Å². The Morgan fingerprint density at radius 1 is 1.37 bits per heavy atom. The van der Waals surface area contributed by atoms with E-state index in [9.17, 15) is 4.79 Å². The highest BCUT2D eigenvalue weighted by Gasteiger charge is 2.26. The maximum absolute atomic E-state index is 12.5. The van der Waals surface area contributed by atoms with Crippen LogP contribution in [0.4, 0.5) is 5.69 Å². The van der Waals surface area contributed by atoms with Gasteiger partial charge < -0.3 is 10.2 Å². The van der Waals surface area contributed by atoms with Crippen LogP contribution in [0.15, 0.2) is 24.3 Å². The van der Waals surface area contributed by atoms with Gasteiger partial charge in [-0.2, -0.15) is 0 Å². The average Bonchev–Trinajstić information content (AvgIpc) is 2.46. The molecule has 0 aromatic heterocycles. The van der Waals surface area contributed by atoms with Crippen LogP contribution < -0.4 is 10.2 Å². The molecular weight excluding hydrogens is 260 g/mol. The Morgan fingerprint density at radius 3 is 2.58 bits per heavy atom. The predicted molar refractivity (Wildman–Crippen MR) is 78.2 cm³/mol. The number of piperidine rings is 1. The van der Waals surface area contributed by atoms with Gasteiger partial charge in [-0.05, 0) is 50.2 Å². The minimum absolute atomic E-state index is 0.0604. The summed E-state index contributed by atoms with van der Waals surface area (Å²) < 4.78 is 0. The van der Waals surface area contributed by atoms with Gasteiger partial charge in [0.25, 0.3) is 0 Å². The van der Waals surface area contributed by atoms with Gasteiger partial charge in [-0.25, -0.2) is 0 Å². The van der Waals surface area contributed by atoms with Crippen molar-refractivity contribution in [1.29, 1.82) is 0 Å². The molecule has 1 aromatic rings. The van der Waals surface area contributed by atoms with Crippen molar-refractivity contribution >= 4 is 23.2 Å². The standard InChI is InChI=1S/C15H17ClN2O/c1-2-11-18(14-5-3-13(16)4-6-14)15(19)12-7-9-17-10-8-12/h1,3-6,12,17H,7-11H2. The van der Waals surface area contributed by atoms with Gasteiger partial charge in [-0.15, -0.1) is 6.42 Å². The molecule has 0 aliphatic carbocycles. The third-order valence-corrected chi connectivity index (χ3v) is 3.59. The maximum atomic E-state index is 12.5. The van der Waals surface area contributed by atoms with Crippen LogP contribution in [-0.2, 0) is 4.79 Å². The smallest absolute Gasteiger partial charge is 0.231 e. The van der Waals surface area contributed by atoms with Gasteiger partial charge in [-0.1, -0.05) is 17.5 Å². The Morgan fingerprint density at radius 2 is 2.00 bits per heavy atom. The Balaban J connectivity index is 2.17. The molecule has 0 unspecified atom stereocenters. The van der Waals surface area contributed by atoms with E-state index < -0.39 is 0 Å². The number of nitrogens with one attached hydrogen (secondary N) is 1. The SMILES string of the molecule is C#CCN(C(=O)C1CCNCC1)c1ccc(Cl)cc1. The van der Waals surface area contributed by atoms with Crippen LogP contribution in [-0.4, -0.2) is 25.5 Å². The monoisotopic (exact) mass is 276 g/mol. The lowest BCUT2D eigenvalue weighted by molar-refractivity contribution is -0.123. The normalized spacial score (nSPS) is 15.8. The van der Waals surface area contributed by atoms with Crippen LogP contribution in [0.5, 0.6) is 0 Å². The molecule has 1 aromatic carbocycles. The summed E-state index contributed by atoms with van der Waals surface area (Å²) >= 11 is 5.87. The van der Waals surface area contributed by atoms with Crippen LogP contribution >= 0.6 is 11.6 Å². The summed E-state index contributed by atoms with van der Waals surface area (Å²) in [5.74, 6) is 2.73. The van der Waals surface area contributed by atoms with Gasteiger partial charge in [-0.3, -0.25) is 4.79 Å². The van der Waals surface area contributed by atoms with E-state index in [1.807, 2.05) is 12.1 Å². The lowest BCUT2D eigenvalue weighted by atomic mass is 9.96. The molecule has 0 spiro atoms. The predicted octanol–water partition coefficient (Wildman–Crippen LogP) is 2.31. The van der Waals surface area contributed by atoms with E-state index in [1.54, 1.807) is 17.0 Å². The van der Waals surface area contributed by atoms with Crippen LogP contribution in [0.25, 0.3) is 0 Å². The number of terminal acetylenes is 1. The first-order valence-corrected chi connectivity index (χ1v) is 6.81. The van der Waals surface area contributed by atoms with Crippen LogP contribution in [0.3, 0.4) is 0 Å². The van der Waals surface area contributed by atoms with E-state index in [4.69, 9.17) is 18.0 Å². The molecule has 2 rings (SSSR count). The summed E-state index contributed by atoms with van der Waals surface area (Å²) in [5, 5.41) is 3.91. The van der Waals surface area contributed by atoms with E-state index in [2.05, 4.69) is 11.2 Å². The van der Waals surface area contributed by atoms with E-state index in [0.717, 1.165) is 31.6 Å². The summed E-state index contributed by atoms with van der Waals surface area (Å²) in [5.41, 5.74) is 0.811. The highest BCUT2D eigenvalue weighted by Crippen LogP contribution is 2.22. The number of benzene rings is 1. The minimum Gasteiger partial charge on any atom is -0.317 e. The number of hydrogen-bond acceptors (Lipinski definition) is 2. The number of nitrogens with zero attached hydrogens (tertiary/aromatic N) is 1. The quantitative estimate of drug-likeness (QED) is 0.860. The second kappa shape index (κ2) is 6.60. The second-order valence-corrected chi connectivity index (χ2v) is 5.07. The van der Waals surface area contributed by atoms with Gasteiger partial charge in [0.2, 0.25) is 5.91 Å². The summed E-state index contributed by atoms with van der Waals surface area (Å²) in [4.78, 5) is 14.2. The van der Waals surface area contributed by atoms with Gasteiger partial charge in [0.15, 0.2) is 0 Å². The lowest BCUT2D eigenvalue weighted by Gasteiger charge is -2.28. The molecule has 3 nitrogen and oxygen atoms in total. The second-order valence-electron chi connectivity index (χ2n) is 4.63. The number of anilines is 1. The summed E-state index contributed by atoms with van der Waals surface area (Å²) in [7, 11) is 0. The molecule has 0 saturated carbocycles. The Bertz CT molecular complexity index is 472. The van der Waals surface area contributed by atoms with Gasteiger partial charge >= 0.3 is 0 Å². The fourth-order valence-electron chi connectivity index (χ4n) is 2.30. The van der Waals surface area contributed by atoms with E-state index >= 15 is 0 Å². The Kier molecular flexibility index (Phi) is 4.84. The summed E-state index contributed by atoms with van der Waals surface area (Å²) in [6.07, 6.45) is 7.12. The van der Waals surface area contributed by atoms with Crippen LogP contribution in [0, 0.1) is 18.3 Å². The number of hydrogen-bond donors (Lipinski definition) is 1. The molecular formula is C15H17ClN2O. The van der Waals surface area contributed by atoms with Crippen molar-refractivity contribution in [3.05, 3.63) is 29.3 Å². The number of carbonyl (C=O) groups is 1. The number of rotatable bonds is 3. The number of amides is 1. The largest absolute Gasteiger partial charge is 0.317 e. The molecule has 1 N–H and O–H groups in total. The molecule has 1 amide bonds. The molecule has 1 aliphatic heterocycles. The highest BCUT2D eigenvalue weighted by atomic mass is 35.5. The average molecular weight is 277 g/mol. The van der Waals surface area contributed by atoms with Crippen LogP contribution in [0.1, 0.15) is 12.8 Å². The zero-order chi connectivity index (χ0) is 13.7. The molecule has 1 aliphatic rings. The van der Waals surface area contributed by atoms with E-state index in [-0.39, 0.29) is 11.8 Å². The summed E-state index contributed by atoms with van der Waals surface area (Å²) in [6, 6.07) is 7.21. The maximum Gasteiger partial charge on any atom is 0.231 e. The minimum atomic E-state index is 0.0604. The first-order chi connectivity index (χ1) is 9.22. The van der Waals surface area contributed by atoms with Crippen molar-refractivity contribution in [3.63, 3.8) is 0 Å². The molecule has 19 heavy (non-hydrogen) atoms. The van der Waals surface area contributed by atoms with Gasteiger partial charge in [0.05, 0.1) is 6.54 Å². The third kappa shape index (κ3) is 3.50. The zero-order valence-electron chi connectivity index (χ0n) is 10.7. The fourth-order valence-corrected chi connectivity index (χ4v) is 2.42. The number of halogens is 1. The van der Waals surface area contributed by atoms with E-state index in [0.29, 0.717) is 11.6 Å². The molecule has 4 heteroatoms. The molecule has 0 atom stereocenters. The Hall–Kier alpha value is -1.50. The Labute approximate surface area is 118 Å². The molecule has 1 heterocycles. The van der Waals surface area contributed by atoms with Crippen LogP contribution in [0.2, 0.25) is 5.02 Å². The molecule has 0 radical (unpaired) electrons. The molecule has 1 fully saturated rings. The zero-order valence-corrected chi connectivity index (χ0v) is 11.5. The van der Waals surface area contributed by atoms with Crippen molar-refractivity contribution in [2.24, 2.45) is 5.92 Å². The highest BCUT2D eigenvalue weighted by molar-refractivity contribution is 6.30.